The molecule has 0 aliphatic carbocycles. The minimum Gasteiger partial charge on any atom is -0.352 e. The Morgan fingerprint density at radius 3 is 2.35 bits per heavy atom. The van der Waals surface area contributed by atoms with Gasteiger partial charge in [-0.15, -0.1) is 0 Å². The van der Waals surface area contributed by atoms with E-state index in [1.807, 2.05) is 30.3 Å². The number of nitrogens with one attached hydrogen (secondary N) is 1. The molecule has 94 valence electrons. The van der Waals surface area contributed by atoms with Gasteiger partial charge in [0.05, 0.1) is 6.04 Å². The lowest BCUT2D eigenvalue weighted by atomic mass is 10.1. The summed E-state index contributed by atoms with van der Waals surface area (Å²) >= 11 is 0. The highest BCUT2D eigenvalue weighted by atomic mass is 16.2. The lowest BCUT2D eigenvalue weighted by Crippen LogP contribution is -2.46. The summed E-state index contributed by atoms with van der Waals surface area (Å²) in [7, 11) is 0. The average molecular weight is 234 g/mol. The van der Waals surface area contributed by atoms with Gasteiger partial charge >= 0.3 is 0 Å². The molecule has 1 atom stereocenters. The smallest absolute Gasteiger partial charge is 0.237 e. The number of hydrogen-bond donors (Lipinski definition) is 2. The van der Waals surface area contributed by atoms with E-state index in [1.165, 1.54) is 0 Å². The van der Waals surface area contributed by atoms with Crippen molar-refractivity contribution < 1.29 is 4.79 Å². The summed E-state index contributed by atoms with van der Waals surface area (Å²) in [6.45, 7) is 4.13. The Bertz CT molecular complexity index is 333. The third-order valence-corrected chi connectivity index (χ3v) is 2.97. The van der Waals surface area contributed by atoms with Crippen molar-refractivity contribution in [2.24, 2.45) is 5.73 Å². The molecule has 1 amide bonds. The van der Waals surface area contributed by atoms with Crippen molar-refractivity contribution in [2.75, 3.05) is 0 Å². The average Bonchev–Trinajstić information content (AvgIpc) is 2.36. The lowest BCUT2D eigenvalue weighted by Gasteiger charge is -2.18. The fourth-order valence-corrected chi connectivity index (χ4v) is 1.76. The highest BCUT2D eigenvalue weighted by Crippen LogP contribution is 2.03. The van der Waals surface area contributed by atoms with Crippen molar-refractivity contribution in [1.82, 2.24) is 5.32 Å². The molecule has 0 heterocycles. The Morgan fingerprint density at radius 1 is 1.24 bits per heavy atom. The molecular weight excluding hydrogens is 212 g/mol. The maximum Gasteiger partial charge on any atom is 0.237 e. The van der Waals surface area contributed by atoms with E-state index in [0.717, 1.165) is 18.4 Å². The van der Waals surface area contributed by atoms with Crippen molar-refractivity contribution in [3.8, 4) is 0 Å². The molecule has 0 aromatic heterocycles. The first-order valence-electron chi connectivity index (χ1n) is 6.27. The predicted molar refractivity (Wildman–Crippen MR) is 70.6 cm³/mol. The Hall–Kier alpha value is -1.35. The van der Waals surface area contributed by atoms with Crippen molar-refractivity contribution in [3.05, 3.63) is 35.9 Å². The number of benzene rings is 1. The third-order valence-electron chi connectivity index (χ3n) is 2.97. The van der Waals surface area contributed by atoms with Crippen LogP contribution in [-0.2, 0) is 11.2 Å². The van der Waals surface area contributed by atoms with Crippen molar-refractivity contribution in [3.63, 3.8) is 0 Å². The van der Waals surface area contributed by atoms with E-state index < -0.39 is 6.04 Å². The van der Waals surface area contributed by atoms with E-state index in [0.29, 0.717) is 6.42 Å². The van der Waals surface area contributed by atoms with Crippen molar-refractivity contribution >= 4 is 5.91 Å². The maximum atomic E-state index is 11.8. The van der Waals surface area contributed by atoms with Crippen LogP contribution >= 0.6 is 0 Å². The monoisotopic (exact) mass is 234 g/mol. The van der Waals surface area contributed by atoms with Crippen LogP contribution in [0.2, 0.25) is 0 Å². The second-order valence-corrected chi connectivity index (χ2v) is 4.32. The maximum absolute atomic E-state index is 11.8. The largest absolute Gasteiger partial charge is 0.352 e. The van der Waals surface area contributed by atoms with Gasteiger partial charge in [0.25, 0.3) is 0 Å². The zero-order chi connectivity index (χ0) is 12.7. The number of rotatable bonds is 6. The number of carbonyl (C=O) groups excluding carboxylic acids is 1. The first-order valence-corrected chi connectivity index (χ1v) is 6.27. The molecule has 0 spiro atoms. The summed E-state index contributed by atoms with van der Waals surface area (Å²) in [6.07, 6.45) is 2.48. The lowest BCUT2D eigenvalue weighted by molar-refractivity contribution is -0.123. The summed E-state index contributed by atoms with van der Waals surface area (Å²) in [6, 6.07) is 9.64. The number of nitrogens with two attached hydrogens (primary N) is 1. The summed E-state index contributed by atoms with van der Waals surface area (Å²) in [4.78, 5) is 11.8. The van der Waals surface area contributed by atoms with E-state index in [2.05, 4.69) is 19.2 Å². The molecule has 0 saturated carbocycles. The summed E-state index contributed by atoms with van der Waals surface area (Å²) in [5, 5.41) is 2.97. The van der Waals surface area contributed by atoms with Crippen LogP contribution in [-0.4, -0.2) is 18.0 Å². The Balaban J connectivity index is 2.47. The number of hydrogen-bond acceptors (Lipinski definition) is 2. The number of carbonyl (C=O) groups is 1. The molecule has 17 heavy (non-hydrogen) atoms. The van der Waals surface area contributed by atoms with E-state index in [4.69, 9.17) is 5.73 Å². The number of amides is 1. The fraction of sp³-hybridized carbons (Fsp3) is 0.500. The second kappa shape index (κ2) is 7.07. The van der Waals surface area contributed by atoms with Gasteiger partial charge in [0.15, 0.2) is 0 Å². The van der Waals surface area contributed by atoms with E-state index in [-0.39, 0.29) is 11.9 Å². The SMILES string of the molecule is CCC(CC)NC(=O)[C@H](N)Cc1ccccc1. The van der Waals surface area contributed by atoms with E-state index >= 15 is 0 Å². The molecule has 0 aliphatic rings. The molecule has 1 rings (SSSR count). The first-order chi connectivity index (χ1) is 8.17. The normalized spacial score (nSPS) is 12.5. The van der Waals surface area contributed by atoms with Gasteiger partial charge in [0.1, 0.15) is 0 Å². The Kier molecular flexibility index (Phi) is 5.70. The van der Waals surface area contributed by atoms with Crippen molar-refractivity contribution in [2.45, 2.75) is 45.2 Å². The first kappa shape index (κ1) is 13.7. The zero-order valence-corrected chi connectivity index (χ0v) is 10.6. The summed E-state index contributed by atoms with van der Waals surface area (Å²) in [5.74, 6) is -0.0532. The van der Waals surface area contributed by atoms with Crippen LogP contribution in [0.4, 0.5) is 0 Å². The van der Waals surface area contributed by atoms with Gasteiger partial charge in [-0.25, -0.2) is 0 Å². The minimum atomic E-state index is -0.460. The fourth-order valence-electron chi connectivity index (χ4n) is 1.76. The molecule has 0 saturated heterocycles. The Labute approximate surface area is 103 Å². The molecule has 1 aromatic rings. The van der Waals surface area contributed by atoms with Gasteiger partial charge in [0.2, 0.25) is 5.91 Å². The highest BCUT2D eigenvalue weighted by Gasteiger charge is 2.16. The minimum absolute atomic E-state index is 0.0532. The highest BCUT2D eigenvalue weighted by molar-refractivity contribution is 5.82. The van der Waals surface area contributed by atoms with Gasteiger partial charge in [-0.05, 0) is 24.8 Å². The van der Waals surface area contributed by atoms with Crippen LogP contribution in [0.15, 0.2) is 30.3 Å². The van der Waals surface area contributed by atoms with Gasteiger partial charge in [0, 0.05) is 6.04 Å². The molecule has 1 aromatic carbocycles. The molecule has 0 radical (unpaired) electrons. The second-order valence-electron chi connectivity index (χ2n) is 4.32. The molecular formula is C14H22N2O. The molecule has 3 heteroatoms. The molecule has 0 bridgehead atoms. The van der Waals surface area contributed by atoms with Crippen LogP contribution in [0.25, 0.3) is 0 Å². The topological polar surface area (TPSA) is 55.1 Å². The van der Waals surface area contributed by atoms with Gasteiger partial charge in [-0.1, -0.05) is 44.2 Å². The Morgan fingerprint density at radius 2 is 1.82 bits per heavy atom. The van der Waals surface area contributed by atoms with Crippen molar-refractivity contribution in [1.29, 1.82) is 0 Å². The van der Waals surface area contributed by atoms with Crippen LogP contribution < -0.4 is 11.1 Å². The zero-order valence-electron chi connectivity index (χ0n) is 10.6. The van der Waals surface area contributed by atoms with E-state index in [1.54, 1.807) is 0 Å². The molecule has 0 aliphatic heterocycles. The van der Waals surface area contributed by atoms with E-state index in [9.17, 15) is 4.79 Å². The summed E-state index contributed by atoms with van der Waals surface area (Å²) in [5.41, 5.74) is 6.99. The molecule has 0 unspecified atom stereocenters. The van der Waals surface area contributed by atoms with Crippen LogP contribution in [0.1, 0.15) is 32.3 Å². The summed E-state index contributed by atoms with van der Waals surface area (Å²) < 4.78 is 0. The van der Waals surface area contributed by atoms with Gasteiger partial charge in [-0.3, -0.25) is 4.79 Å². The predicted octanol–water partition coefficient (Wildman–Crippen LogP) is 1.86. The standard InChI is InChI=1S/C14H22N2O/c1-3-12(4-2)16-14(17)13(15)10-11-8-6-5-7-9-11/h5-9,12-13H,3-4,10,15H2,1-2H3,(H,16,17)/t13-/m1/s1. The third kappa shape index (κ3) is 4.57. The molecule has 0 fully saturated rings. The van der Waals surface area contributed by atoms with Gasteiger partial charge < -0.3 is 11.1 Å². The van der Waals surface area contributed by atoms with Gasteiger partial charge in [-0.2, -0.15) is 0 Å². The quantitative estimate of drug-likeness (QED) is 0.789. The van der Waals surface area contributed by atoms with Crippen LogP contribution in [0.3, 0.4) is 0 Å². The van der Waals surface area contributed by atoms with Crippen LogP contribution in [0, 0.1) is 0 Å². The van der Waals surface area contributed by atoms with Crippen LogP contribution in [0.5, 0.6) is 0 Å². The molecule has 3 nitrogen and oxygen atoms in total. The molecule has 3 N–H and O–H groups in total.